The fourth-order valence-electron chi connectivity index (χ4n) is 2.15. The molecule has 5 nitrogen and oxygen atoms in total. The Kier molecular flexibility index (Phi) is 5.57. The first-order valence-corrected chi connectivity index (χ1v) is 9.26. The molecule has 0 aromatic carbocycles. The predicted molar refractivity (Wildman–Crippen MR) is 80.5 cm³/mol. The minimum absolute atomic E-state index is 0.0477. The zero-order chi connectivity index (χ0) is 14.6. The second-order valence-electron chi connectivity index (χ2n) is 4.95. The van der Waals surface area contributed by atoms with Crippen LogP contribution < -0.4 is 5.32 Å². The van der Waals surface area contributed by atoms with Crippen molar-refractivity contribution in [2.75, 3.05) is 26.2 Å². The van der Waals surface area contributed by atoms with E-state index in [2.05, 4.69) is 5.32 Å². The van der Waals surface area contributed by atoms with Gasteiger partial charge in [-0.1, -0.05) is 6.92 Å². The highest BCUT2D eigenvalue weighted by molar-refractivity contribution is 7.91. The molecular weight excluding hydrogens is 296 g/mol. The third-order valence-corrected chi connectivity index (χ3v) is 6.55. The molecule has 2 heterocycles. The maximum Gasteiger partial charge on any atom is 0.252 e. The van der Waals surface area contributed by atoms with Crippen LogP contribution in [-0.4, -0.2) is 45.1 Å². The van der Waals surface area contributed by atoms with Crippen LogP contribution in [0.4, 0.5) is 0 Å². The molecule has 1 atom stereocenters. The van der Waals surface area contributed by atoms with Gasteiger partial charge in [0.1, 0.15) is 4.21 Å². The van der Waals surface area contributed by atoms with Crippen LogP contribution in [0.2, 0.25) is 0 Å². The lowest BCUT2D eigenvalue weighted by Crippen LogP contribution is -2.35. The van der Waals surface area contributed by atoms with Gasteiger partial charge < -0.3 is 10.1 Å². The lowest BCUT2D eigenvalue weighted by Gasteiger charge is -2.20. The Labute approximate surface area is 125 Å². The third-order valence-electron chi connectivity index (χ3n) is 3.22. The molecule has 0 bridgehead atoms. The van der Waals surface area contributed by atoms with E-state index in [0.717, 1.165) is 18.5 Å². The Hall–Kier alpha value is -0.470. The summed E-state index contributed by atoms with van der Waals surface area (Å²) in [6.45, 7) is 7.13. The molecule has 0 amide bonds. The molecule has 0 spiro atoms. The van der Waals surface area contributed by atoms with Crippen molar-refractivity contribution in [2.24, 2.45) is 0 Å². The van der Waals surface area contributed by atoms with E-state index >= 15 is 0 Å². The number of rotatable bonds is 5. The monoisotopic (exact) mass is 318 g/mol. The molecule has 1 unspecified atom stereocenters. The van der Waals surface area contributed by atoms with Crippen molar-refractivity contribution in [3.05, 3.63) is 17.0 Å². The maximum absolute atomic E-state index is 12.6. The second-order valence-corrected chi connectivity index (χ2v) is 8.03. The van der Waals surface area contributed by atoms with Crippen molar-refractivity contribution in [1.82, 2.24) is 9.62 Å². The van der Waals surface area contributed by atoms with Crippen LogP contribution in [0.1, 0.15) is 25.8 Å². The Bertz CT molecular complexity index is 527. The molecule has 1 aromatic heterocycles. The molecule has 1 N–H and O–H groups in total. The van der Waals surface area contributed by atoms with E-state index in [-0.39, 0.29) is 6.10 Å². The van der Waals surface area contributed by atoms with Crippen LogP contribution in [0.15, 0.2) is 15.7 Å². The van der Waals surface area contributed by atoms with Crippen molar-refractivity contribution >= 4 is 21.4 Å². The summed E-state index contributed by atoms with van der Waals surface area (Å²) in [5.41, 5.74) is 1.02. The number of nitrogens with one attached hydrogen (secondary N) is 1. The Morgan fingerprint density at radius 2 is 2.35 bits per heavy atom. The van der Waals surface area contributed by atoms with Crippen LogP contribution in [0.5, 0.6) is 0 Å². The number of sulfonamides is 1. The van der Waals surface area contributed by atoms with Crippen LogP contribution in [0.3, 0.4) is 0 Å². The SMILES string of the molecule is CCNCc1csc(S(=O)(=O)N2CCCOC(C)C2)c1. The minimum Gasteiger partial charge on any atom is -0.377 e. The van der Waals surface area contributed by atoms with Crippen molar-refractivity contribution < 1.29 is 13.2 Å². The number of nitrogens with zero attached hydrogens (tertiary/aromatic N) is 1. The zero-order valence-corrected chi connectivity index (χ0v) is 13.6. The third kappa shape index (κ3) is 3.79. The quantitative estimate of drug-likeness (QED) is 0.897. The van der Waals surface area contributed by atoms with Crippen LogP contribution in [0.25, 0.3) is 0 Å². The van der Waals surface area contributed by atoms with Gasteiger partial charge in [-0.15, -0.1) is 11.3 Å². The van der Waals surface area contributed by atoms with E-state index in [1.807, 2.05) is 19.2 Å². The van der Waals surface area contributed by atoms with E-state index in [1.165, 1.54) is 11.3 Å². The van der Waals surface area contributed by atoms with Crippen molar-refractivity contribution in [2.45, 2.75) is 37.1 Å². The van der Waals surface area contributed by atoms with Crippen LogP contribution in [-0.2, 0) is 21.3 Å². The van der Waals surface area contributed by atoms with E-state index < -0.39 is 10.0 Å². The van der Waals surface area contributed by atoms with Gasteiger partial charge in [-0.3, -0.25) is 0 Å². The van der Waals surface area contributed by atoms with Gasteiger partial charge in [-0.25, -0.2) is 8.42 Å². The molecule has 2 rings (SSSR count). The molecule has 0 saturated carbocycles. The molecule has 0 radical (unpaired) electrons. The summed E-state index contributed by atoms with van der Waals surface area (Å²) in [6.07, 6.45) is 0.701. The number of hydrogen-bond acceptors (Lipinski definition) is 5. The smallest absolute Gasteiger partial charge is 0.252 e. The van der Waals surface area contributed by atoms with Crippen LogP contribution >= 0.6 is 11.3 Å². The van der Waals surface area contributed by atoms with Crippen molar-refractivity contribution in [3.8, 4) is 0 Å². The minimum atomic E-state index is -3.38. The van der Waals surface area contributed by atoms with Crippen molar-refractivity contribution in [3.63, 3.8) is 0 Å². The fourth-order valence-corrected chi connectivity index (χ4v) is 5.07. The highest BCUT2D eigenvalue weighted by atomic mass is 32.2. The predicted octanol–water partition coefficient (Wildman–Crippen LogP) is 1.66. The summed E-state index contributed by atoms with van der Waals surface area (Å²) >= 11 is 1.30. The lowest BCUT2D eigenvalue weighted by atomic mass is 10.3. The maximum atomic E-state index is 12.6. The summed E-state index contributed by atoms with van der Waals surface area (Å²) in [6, 6.07) is 1.78. The summed E-state index contributed by atoms with van der Waals surface area (Å²) in [4.78, 5) is 0. The molecule has 1 aliphatic rings. The average molecular weight is 318 g/mol. The summed E-state index contributed by atoms with van der Waals surface area (Å²) < 4.78 is 32.8. The second kappa shape index (κ2) is 7.00. The molecule has 7 heteroatoms. The van der Waals surface area contributed by atoms with Gasteiger partial charge in [0.05, 0.1) is 6.10 Å². The van der Waals surface area contributed by atoms with E-state index in [9.17, 15) is 8.42 Å². The van der Waals surface area contributed by atoms with E-state index in [0.29, 0.717) is 30.5 Å². The highest BCUT2D eigenvalue weighted by Gasteiger charge is 2.29. The summed E-state index contributed by atoms with van der Waals surface area (Å²) in [7, 11) is -3.38. The van der Waals surface area contributed by atoms with Crippen molar-refractivity contribution in [1.29, 1.82) is 0 Å². The number of ether oxygens (including phenoxy) is 1. The molecule has 20 heavy (non-hydrogen) atoms. The molecule has 1 fully saturated rings. The standard InChI is InChI=1S/C13H22N2O3S2/c1-3-14-8-12-7-13(19-10-12)20(16,17)15-5-4-6-18-11(2)9-15/h7,10-11,14H,3-6,8-9H2,1-2H3. The first-order valence-electron chi connectivity index (χ1n) is 6.94. The van der Waals surface area contributed by atoms with Gasteiger partial charge in [0.15, 0.2) is 0 Å². The molecule has 0 aliphatic carbocycles. The van der Waals surface area contributed by atoms with Gasteiger partial charge in [0.2, 0.25) is 0 Å². The number of hydrogen-bond donors (Lipinski definition) is 1. The first kappa shape index (κ1) is 15.9. The highest BCUT2D eigenvalue weighted by Crippen LogP contribution is 2.25. The Morgan fingerprint density at radius 1 is 1.55 bits per heavy atom. The van der Waals surface area contributed by atoms with Gasteiger partial charge in [0, 0.05) is 26.2 Å². The summed E-state index contributed by atoms with van der Waals surface area (Å²) in [5.74, 6) is 0. The largest absolute Gasteiger partial charge is 0.377 e. The van der Waals surface area contributed by atoms with Crippen LogP contribution in [0, 0.1) is 0 Å². The molecule has 1 aliphatic heterocycles. The fraction of sp³-hybridized carbons (Fsp3) is 0.692. The van der Waals surface area contributed by atoms with E-state index in [1.54, 1.807) is 10.4 Å². The first-order chi connectivity index (χ1) is 9.54. The average Bonchev–Trinajstić information content (AvgIpc) is 2.78. The Morgan fingerprint density at radius 3 is 3.10 bits per heavy atom. The summed E-state index contributed by atoms with van der Waals surface area (Å²) in [5, 5.41) is 5.11. The Balaban J connectivity index is 2.14. The molecule has 114 valence electrons. The van der Waals surface area contributed by atoms with Gasteiger partial charge in [0.25, 0.3) is 10.0 Å². The normalized spacial score (nSPS) is 21.8. The van der Waals surface area contributed by atoms with Gasteiger partial charge in [-0.2, -0.15) is 4.31 Å². The topological polar surface area (TPSA) is 58.6 Å². The van der Waals surface area contributed by atoms with Gasteiger partial charge >= 0.3 is 0 Å². The zero-order valence-electron chi connectivity index (χ0n) is 12.0. The van der Waals surface area contributed by atoms with E-state index in [4.69, 9.17) is 4.74 Å². The number of thiophene rings is 1. The lowest BCUT2D eigenvalue weighted by molar-refractivity contribution is 0.0752. The molecule has 1 aromatic rings. The molecule has 1 saturated heterocycles. The molecular formula is C13H22N2O3S2. The van der Waals surface area contributed by atoms with Gasteiger partial charge in [-0.05, 0) is 36.9 Å².